The number of nitrogens with zero attached hydrogens (tertiary/aromatic N) is 1. The molecular weight excluding hydrogens is 386 g/mol. The smallest absolute Gasteiger partial charge is 0.253 e. The summed E-state index contributed by atoms with van der Waals surface area (Å²) in [5, 5.41) is 14.1. The number of ether oxygens (including phenoxy) is 1. The van der Waals surface area contributed by atoms with Gasteiger partial charge >= 0.3 is 0 Å². The first kappa shape index (κ1) is 20.8. The molecule has 0 aliphatic carbocycles. The minimum absolute atomic E-state index is 0.0557. The molecule has 1 aromatic heterocycles. The number of hydrogen-bond donors (Lipinski definition) is 3. The van der Waals surface area contributed by atoms with E-state index < -0.39 is 0 Å². The molecule has 0 amide bonds. The number of aromatic amines is 1. The van der Waals surface area contributed by atoms with Gasteiger partial charge in [0.15, 0.2) is 5.11 Å². The standard InChI is InChI=1S/C22H25N3O3S/c1-28-19-7-8-20-17(14-19)13-18(21(27)24-20)15-25(11-12-26)22(29)23-10-9-16-5-3-2-4-6-16/h2-8,13-14,26H,9-12,15H2,1H3,(H,23,29)(H,24,27). The van der Waals surface area contributed by atoms with Crippen LogP contribution in [0.5, 0.6) is 5.75 Å². The predicted molar refractivity (Wildman–Crippen MR) is 119 cm³/mol. The molecule has 6 nitrogen and oxygen atoms in total. The van der Waals surface area contributed by atoms with Gasteiger partial charge < -0.3 is 25.0 Å². The zero-order valence-corrected chi connectivity index (χ0v) is 17.2. The largest absolute Gasteiger partial charge is 0.497 e. The quantitative estimate of drug-likeness (QED) is 0.494. The Kier molecular flexibility index (Phi) is 7.21. The predicted octanol–water partition coefficient (Wildman–Crippen LogP) is 2.45. The van der Waals surface area contributed by atoms with Crippen LogP contribution < -0.4 is 15.6 Å². The fourth-order valence-electron chi connectivity index (χ4n) is 3.12. The summed E-state index contributed by atoms with van der Waals surface area (Å²) in [4.78, 5) is 17.2. The molecule has 3 N–H and O–H groups in total. The SMILES string of the molecule is COc1ccc2[nH]c(=O)c(CN(CCO)C(=S)NCCc3ccccc3)cc2c1. The van der Waals surface area contributed by atoms with E-state index in [0.717, 1.165) is 23.1 Å². The van der Waals surface area contributed by atoms with Crippen molar-refractivity contribution in [3.05, 3.63) is 76.1 Å². The molecule has 2 aromatic carbocycles. The minimum Gasteiger partial charge on any atom is -0.497 e. The van der Waals surface area contributed by atoms with Gasteiger partial charge in [-0.05, 0) is 48.5 Å². The van der Waals surface area contributed by atoms with Crippen molar-refractivity contribution in [2.24, 2.45) is 0 Å². The lowest BCUT2D eigenvalue weighted by Crippen LogP contribution is -2.42. The molecule has 7 heteroatoms. The number of benzene rings is 2. The summed E-state index contributed by atoms with van der Waals surface area (Å²) in [5.41, 5.74) is 2.37. The van der Waals surface area contributed by atoms with E-state index in [9.17, 15) is 9.90 Å². The molecule has 0 saturated heterocycles. The van der Waals surface area contributed by atoms with Crippen molar-refractivity contribution in [2.75, 3.05) is 26.8 Å². The molecular formula is C22H25N3O3S. The van der Waals surface area contributed by atoms with E-state index >= 15 is 0 Å². The third-order valence-corrected chi connectivity index (χ3v) is 5.08. The lowest BCUT2D eigenvalue weighted by molar-refractivity contribution is 0.245. The summed E-state index contributed by atoms with van der Waals surface area (Å²) in [6, 6.07) is 17.5. The van der Waals surface area contributed by atoms with E-state index in [-0.39, 0.29) is 12.2 Å². The molecule has 0 saturated carbocycles. The van der Waals surface area contributed by atoms with Crippen molar-refractivity contribution in [3.8, 4) is 5.75 Å². The molecule has 29 heavy (non-hydrogen) atoms. The first-order chi connectivity index (χ1) is 14.1. The van der Waals surface area contributed by atoms with Crippen LogP contribution in [0.1, 0.15) is 11.1 Å². The van der Waals surface area contributed by atoms with Gasteiger partial charge in [-0.2, -0.15) is 0 Å². The minimum atomic E-state index is -0.169. The number of aliphatic hydroxyl groups excluding tert-OH is 1. The van der Waals surface area contributed by atoms with Crippen molar-refractivity contribution in [1.82, 2.24) is 15.2 Å². The Morgan fingerprint density at radius 3 is 2.72 bits per heavy atom. The number of aromatic nitrogens is 1. The number of fused-ring (bicyclic) bond motifs is 1. The van der Waals surface area contributed by atoms with Crippen LogP contribution in [-0.4, -0.2) is 46.9 Å². The Labute approximate surface area is 175 Å². The second-order valence-corrected chi connectivity index (χ2v) is 7.08. The molecule has 0 fully saturated rings. The molecule has 0 spiro atoms. The number of nitrogens with one attached hydrogen (secondary N) is 2. The van der Waals surface area contributed by atoms with Gasteiger partial charge in [0.2, 0.25) is 0 Å². The van der Waals surface area contributed by atoms with Crippen LogP contribution in [0.4, 0.5) is 0 Å². The Morgan fingerprint density at radius 1 is 1.21 bits per heavy atom. The highest BCUT2D eigenvalue weighted by Gasteiger charge is 2.13. The van der Waals surface area contributed by atoms with Gasteiger partial charge in [-0.25, -0.2) is 0 Å². The van der Waals surface area contributed by atoms with Crippen LogP contribution in [0.3, 0.4) is 0 Å². The maximum absolute atomic E-state index is 12.5. The summed E-state index contributed by atoms with van der Waals surface area (Å²) >= 11 is 5.51. The summed E-state index contributed by atoms with van der Waals surface area (Å²) in [6.07, 6.45) is 0.838. The maximum atomic E-state index is 12.5. The maximum Gasteiger partial charge on any atom is 0.253 e. The molecule has 0 unspecified atom stereocenters. The lowest BCUT2D eigenvalue weighted by Gasteiger charge is -2.25. The van der Waals surface area contributed by atoms with Crippen molar-refractivity contribution < 1.29 is 9.84 Å². The summed E-state index contributed by atoms with van der Waals surface area (Å²) in [7, 11) is 1.61. The molecule has 0 atom stereocenters. The Morgan fingerprint density at radius 2 is 2.00 bits per heavy atom. The lowest BCUT2D eigenvalue weighted by atomic mass is 10.1. The van der Waals surface area contributed by atoms with Crippen molar-refractivity contribution >= 4 is 28.2 Å². The molecule has 0 aliphatic heterocycles. The van der Waals surface area contributed by atoms with Crippen molar-refractivity contribution in [2.45, 2.75) is 13.0 Å². The topological polar surface area (TPSA) is 77.6 Å². The number of rotatable bonds is 8. The summed E-state index contributed by atoms with van der Waals surface area (Å²) in [5.74, 6) is 0.723. The number of H-pyrrole nitrogens is 1. The highest BCUT2D eigenvalue weighted by atomic mass is 32.1. The monoisotopic (exact) mass is 411 g/mol. The van der Waals surface area contributed by atoms with Crippen LogP contribution in [-0.2, 0) is 13.0 Å². The second-order valence-electron chi connectivity index (χ2n) is 6.69. The zero-order chi connectivity index (χ0) is 20.6. The third-order valence-electron chi connectivity index (χ3n) is 4.68. The molecule has 3 aromatic rings. The highest BCUT2D eigenvalue weighted by molar-refractivity contribution is 7.80. The average Bonchev–Trinajstić information content (AvgIpc) is 2.74. The fourth-order valence-corrected chi connectivity index (χ4v) is 3.38. The number of pyridine rings is 1. The Hall–Kier alpha value is -2.90. The normalized spacial score (nSPS) is 10.7. The number of methoxy groups -OCH3 is 1. The summed E-state index contributed by atoms with van der Waals surface area (Å²) in [6.45, 7) is 1.27. The van der Waals surface area contributed by atoms with Gasteiger partial charge in [0.1, 0.15) is 5.75 Å². The molecule has 1 heterocycles. The Balaban J connectivity index is 1.71. The first-order valence-electron chi connectivity index (χ1n) is 9.48. The van der Waals surface area contributed by atoms with Gasteiger partial charge in [-0.15, -0.1) is 0 Å². The van der Waals surface area contributed by atoms with E-state index in [2.05, 4.69) is 22.4 Å². The molecule has 0 bridgehead atoms. The number of hydrogen-bond acceptors (Lipinski definition) is 4. The molecule has 152 valence electrons. The van der Waals surface area contributed by atoms with Crippen molar-refractivity contribution in [1.29, 1.82) is 0 Å². The fraction of sp³-hybridized carbons (Fsp3) is 0.273. The van der Waals surface area contributed by atoms with Crippen molar-refractivity contribution in [3.63, 3.8) is 0 Å². The van der Waals surface area contributed by atoms with Crippen LogP contribution in [0.15, 0.2) is 59.4 Å². The highest BCUT2D eigenvalue weighted by Crippen LogP contribution is 2.19. The zero-order valence-electron chi connectivity index (χ0n) is 16.4. The van der Waals surface area contributed by atoms with Crippen LogP contribution in [0.25, 0.3) is 10.9 Å². The first-order valence-corrected chi connectivity index (χ1v) is 9.89. The summed E-state index contributed by atoms with van der Waals surface area (Å²) < 4.78 is 5.26. The van der Waals surface area contributed by atoms with E-state index in [0.29, 0.717) is 30.3 Å². The van der Waals surface area contributed by atoms with Gasteiger partial charge in [0.25, 0.3) is 5.56 Å². The van der Waals surface area contributed by atoms with Crippen LogP contribution >= 0.6 is 12.2 Å². The average molecular weight is 412 g/mol. The molecule has 0 aliphatic rings. The molecule has 0 radical (unpaired) electrons. The van der Waals surface area contributed by atoms with E-state index in [1.54, 1.807) is 12.0 Å². The van der Waals surface area contributed by atoms with E-state index in [1.807, 2.05) is 42.5 Å². The third kappa shape index (κ3) is 5.56. The number of aliphatic hydroxyl groups is 1. The van der Waals surface area contributed by atoms with Crippen LogP contribution in [0.2, 0.25) is 0 Å². The molecule has 3 rings (SSSR count). The second kappa shape index (κ2) is 10.0. The van der Waals surface area contributed by atoms with Crippen LogP contribution in [0, 0.1) is 0 Å². The van der Waals surface area contributed by atoms with Gasteiger partial charge in [-0.3, -0.25) is 4.79 Å². The van der Waals surface area contributed by atoms with Gasteiger partial charge in [0, 0.05) is 29.6 Å². The Bertz CT molecular complexity index is 1020. The van der Waals surface area contributed by atoms with Gasteiger partial charge in [-0.1, -0.05) is 30.3 Å². The van der Waals surface area contributed by atoms with E-state index in [4.69, 9.17) is 17.0 Å². The van der Waals surface area contributed by atoms with E-state index in [1.165, 1.54) is 5.56 Å². The van der Waals surface area contributed by atoms with Gasteiger partial charge in [0.05, 0.1) is 20.3 Å². The number of thiocarbonyl (C=S) groups is 1.